The van der Waals surface area contributed by atoms with Crippen LogP contribution < -0.4 is 10.6 Å². The molecule has 3 aromatic rings. The lowest BCUT2D eigenvalue weighted by atomic mass is 10.1. The monoisotopic (exact) mass is 281 g/mol. The number of fused-ring (bicyclic) bond motifs is 1. The molecule has 0 aliphatic rings. The lowest BCUT2D eigenvalue weighted by molar-refractivity contribution is 0.102. The maximum Gasteiger partial charge on any atom is 0.274 e. The molecular formula is C15H15N5O. The molecule has 0 fully saturated rings. The smallest absolute Gasteiger partial charge is 0.274 e. The van der Waals surface area contributed by atoms with Crippen LogP contribution in [0.15, 0.2) is 42.7 Å². The second-order valence-corrected chi connectivity index (χ2v) is 4.68. The number of pyridine rings is 1. The Labute approximate surface area is 121 Å². The Morgan fingerprint density at radius 1 is 1.29 bits per heavy atom. The van der Waals surface area contributed by atoms with Crippen molar-refractivity contribution in [3.05, 3.63) is 48.4 Å². The van der Waals surface area contributed by atoms with E-state index >= 15 is 0 Å². The molecule has 0 unspecified atom stereocenters. The maximum atomic E-state index is 12.3. The molecule has 0 spiro atoms. The van der Waals surface area contributed by atoms with Crippen LogP contribution in [-0.2, 0) is 7.05 Å². The summed E-state index contributed by atoms with van der Waals surface area (Å²) in [6.07, 6.45) is 3.33. The number of rotatable bonds is 3. The van der Waals surface area contributed by atoms with E-state index in [1.54, 1.807) is 30.2 Å². The lowest BCUT2D eigenvalue weighted by Crippen LogP contribution is -2.14. The average Bonchev–Trinajstić information content (AvgIpc) is 2.91. The van der Waals surface area contributed by atoms with E-state index in [-0.39, 0.29) is 5.91 Å². The van der Waals surface area contributed by atoms with E-state index in [4.69, 9.17) is 0 Å². The summed E-state index contributed by atoms with van der Waals surface area (Å²) in [6.45, 7) is 0. The van der Waals surface area contributed by atoms with Crippen LogP contribution in [0, 0.1) is 0 Å². The number of aryl methyl sites for hydroxylation is 1. The van der Waals surface area contributed by atoms with Gasteiger partial charge >= 0.3 is 0 Å². The number of aromatic nitrogens is 3. The largest absolute Gasteiger partial charge is 0.388 e. The van der Waals surface area contributed by atoms with Crippen molar-refractivity contribution in [1.82, 2.24) is 14.8 Å². The van der Waals surface area contributed by atoms with Crippen LogP contribution in [0.5, 0.6) is 0 Å². The van der Waals surface area contributed by atoms with Gasteiger partial charge in [-0.15, -0.1) is 0 Å². The quantitative estimate of drug-likeness (QED) is 0.772. The minimum absolute atomic E-state index is 0.259. The van der Waals surface area contributed by atoms with E-state index in [9.17, 15) is 4.79 Å². The molecule has 0 aliphatic carbocycles. The molecule has 0 saturated heterocycles. The zero-order chi connectivity index (χ0) is 14.8. The third kappa shape index (κ3) is 2.55. The van der Waals surface area contributed by atoms with Crippen LogP contribution in [0.4, 0.5) is 11.4 Å². The number of amides is 1. The second-order valence-electron chi connectivity index (χ2n) is 4.68. The molecule has 3 rings (SSSR count). The summed E-state index contributed by atoms with van der Waals surface area (Å²) >= 11 is 0. The first-order valence-electron chi connectivity index (χ1n) is 6.55. The van der Waals surface area contributed by atoms with Gasteiger partial charge in [0.05, 0.1) is 17.4 Å². The van der Waals surface area contributed by atoms with Gasteiger partial charge in [-0.25, -0.2) is 4.98 Å². The van der Waals surface area contributed by atoms with Crippen molar-refractivity contribution in [1.29, 1.82) is 0 Å². The van der Waals surface area contributed by atoms with Crippen LogP contribution >= 0.6 is 0 Å². The normalized spacial score (nSPS) is 10.6. The summed E-state index contributed by atoms with van der Waals surface area (Å²) in [7, 11) is 3.62. The minimum Gasteiger partial charge on any atom is -0.388 e. The predicted molar refractivity (Wildman–Crippen MR) is 82.5 cm³/mol. The molecule has 0 atom stereocenters. The molecule has 0 saturated carbocycles. The molecular weight excluding hydrogens is 266 g/mol. The highest BCUT2D eigenvalue weighted by Crippen LogP contribution is 2.23. The van der Waals surface area contributed by atoms with Gasteiger partial charge in [-0.05, 0) is 12.1 Å². The van der Waals surface area contributed by atoms with Crippen LogP contribution in [0.3, 0.4) is 0 Å². The first-order valence-corrected chi connectivity index (χ1v) is 6.55. The fourth-order valence-corrected chi connectivity index (χ4v) is 2.18. The molecule has 1 amide bonds. The summed E-state index contributed by atoms with van der Waals surface area (Å²) < 4.78 is 1.63. The standard InChI is InChI=1S/C15H15N5O/c1-16-13-7-14(19-12-6-4-3-5-11(12)13)15(21)18-10-8-17-20(2)9-10/h3-9H,1-2H3,(H,16,19)(H,18,21). The molecule has 0 bridgehead atoms. The molecule has 6 nitrogen and oxygen atoms in total. The van der Waals surface area contributed by atoms with Crippen molar-refractivity contribution < 1.29 is 4.79 Å². The lowest BCUT2D eigenvalue weighted by Gasteiger charge is -2.08. The van der Waals surface area contributed by atoms with Gasteiger partial charge in [-0.1, -0.05) is 18.2 Å². The first-order chi connectivity index (χ1) is 10.2. The van der Waals surface area contributed by atoms with E-state index in [1.807, 2.05) is 31.3 Å². The summed E-state index contributed by atoms with van der Waals surface area (Å²) in [6, 6.07) is 9.44. The van der Waals surface area contributed by atoms with Crippen molar-refractivity contribution in [2.75, 3.05) is 17.7 Å². The van der Waals surface area contributed by atoms with Crippen LogP contribution in [-0.4, -0.2) is 27.7 Å². The van der Waals surface area contributed by atoms with E-state index in [0.29, 0.717) is 11.4 Å². The summed E-state index contributed by atoms with van der Waals surface area (Å²) in [5.74, 6) is -0.259. The highest BCUT2D eigenvalue weighted by Gasteiger charge is 2.12. The second kappa shape index (κ2) is 5.24. The van der Waals surface area contributed by atoms with Crippen LogP contribution in [0.25, 0.3) is 10.9 Å². The molecule has 0 aliphatic heterocycles. The zero-order valence-corrected chi connectivity index (χ0v) is 11.8. The van der Waals surface area contributed by atoms with Crippen LogP contribution in [0.1, 0.15) is 10.5 Å². The summed E-state index contributed by atoms with van der Waals surface area (Å²) in [5, 5.41) is 10.9. The van der Waals surface area contributed by atoms with Crippen molar-refractivity contribution in [2.45, 2.75) is 0 Å². The van der Waals surface area contributed by atoms with Gasteiger partial charge in [0, 0.05) is 31.4 Å². The molecule has 6 heteroatoms. The Morgan fingerprint density at radius 3 is 2.81 bits per heavy atom. The molecule has 0 radical (unpaired) electrons. The van der Waals surface area contributed by atoms with Crippen molar-refractivity contribution in [3.8, 4) is 0 Å². The summed E-state index contributed by atoms with van der Waals surface area (Å²) in [5.41, 5.74) is 2.66. The Balaban J connectivity index is 1.98. The Morgan fingerprint density at radius 2 is 2.10 bits per heavy atom. The average molecular weight is 281 g/mol. The zero-order valence-electron chi connectivity index (χ0n) is 11.8. The molecule has 2 N–H and O–H groups in total. The maximum absolute atomic E-state index is 12.3. The van der Waals surface area contributed by atoms with Crippen LogP contribution in [0.2, 0.25) is 0 Å². The minimum atomic E-state index is -0.259. The number of hydrogen-bond donors (Lipinski definition) is 2. The first kappa shape index (κ1) is 13.1. The number of nitrogens with zero attached hydrogens (tertiary/aromatic N) is 3. The number of nitrogens with one attached hydrogen (secondary N) is 2. The fourth-order valence-electron chi connectivity index (χ4n) is 2.18. The number of hydrogen-bond acceptors (Lipinski definition) is 4. The molecule has 106 valence electrons. The SMILES string of the molecule is CNc1cc(C(=O)Nc2cnn(C)c2)nc2ccccc12. The number of benzene rings is 1. The molecule has 2 aromatic heterocycles. The van der Waals surface area contributed by atoms with E-state index in [2.05, 4.69) is 20.7 Å². The highest BCUT2D eigenvalue weighted by atomic mass is 16.1. The van der Waals surface area contributed by atoms with Crippen molar-refractivity contribution in [3.63, 3.8) is 0 Å². The van der Waals surface area contributed by atoms with Gasteiger partial charge in [-0.3, -0.25) is 9.48 Å². The Kier molecular flexibility index (Phi) is 3.27. The number of carbonyl (C=O) groups is 1. The van der Waals surface area contributed by atoms with Gasteiger partial charge in [0.25, 0.3) is 5.91 Å². The predicted octanol–water partition coefficient (Wildman–Crippen LogP) is 2.26. The van der Waals surface area contributed by atoms with Gasteiger partial charge in [0.15, 0.2) is 0 Å². The van der Waals surface area contributed by atoms with Crippen molar-refractivity contribution in [2.24, 2.45) is 7.05 Å². The highest BCUT2D eigenvalue weighted by molar-refractivity contribution is 6.06. The van der Waals surface area contributed by atoms with E-state index in [1.165, 1.54) is 0 Å². The van der Waals surface area contributed by atoms with Gasteiger partial charge in [0.2, 0.25) is 0 Å². The van der Waals surface area contributed by atoms with E-state index < -0.39 is 0 Å². The van der Waals surface area contributed by atoms with Gasteiger partial charge in [0.1, 0.15) is 5.69 Å². The fraction of sp³-hybridized carbons (Fsp3) is 0.133. The summed E-state index contributed by atoms with van der Waals surface area (Å²) in [4.78, 5) is 16.7. The molecule has 21 heavy (non-hydrogen) atoms. The Hall–Kier alpha value is -2.89. The van der Waals surface area contributed by atoms with Gasteiger partial charge in [-0.2, -0.15) is 5.10 Å². The third-order valence-corrected chi connectivity index (χ3v) is 3.18. The van der Waals surface area contributed by atoms with Crippen molar-refractivity contribution >= 4 is 28.2 Å². The number of para-hydroxylation sites is 1. The number of anilines is 2. The van der Waals surface area contributed by atoms with Gasteiger partial charge < -0.3 is 10.6 Å². The third-order valence-electron chi connectivity index (χ3n) is 3.18. The number of carbonyl (C=O) groups excluding carboxylic acids is 1. The Bertz CT molecular complexity index is 809. The topological polar surface area (TPSA) is 71.8 Å². The van der Waals surface area contributed by atoms with E-state index in [0.717, 1.165) is 16.6 Å². The molecule has 1 aromatic carbocycles. The molecule has 2 heterocycles.